The van der Waals surface area contributed by atoms with Crippen LogP contribution in [0.1, 0.15) is 50.5 Å². The predicted octanol–water partition coefficient (Wildman–Crippen LogP) is 4.13. The number of carbonyl (C=O) groups is 1. The molecule has 0 amide bonds. The van der Waals surface area contributed by atoms with Crippen molar-refractivity contribution in [2.75, 3.05) is 0 Å². The van der Waals surface area contributed by atoms with E-state index in [0.717, 1.165) is 16.7 Å². The van der Waals surface area contributed by atoms with Gasteiger partial charge in [-0.05, 0) is 30.9 Å². The average Bonchev–Trinajstić information content (AvgIpc) is 2.15. The molecule has 0 radical (unpaired) electrons. The smallest absolute Gasteiger partial charge is 0.186 e. The highest BCUT2D eigenvalue weighted by molar-refractivity contribution is 6.06. The molecule has 0 spiro atoms. The van der Waals surface area contributed by atoms with Gasteiger partial charge in [-0.1, -0.05) is 50.6 Å². The molecule has 1 heteroatoms. The van der Waals surface area contributed by atoms with Gasteiger partial charge in [0.05, 0.1) is 0 Å². The summed E-state index contributed by atoms with van der Waals surface area (Å²) in [6, 6.07) is 7.84. The molecule has 0 saturated carbocycles. The van der Waals surface area contributed by atoms with Crippen molar-refractivity contribution in [1.82, 2.24) is 0 Å². The molecule has 1 rings (SSSR count). The Kier molecular flexibility index (Phi) is 3.69. The van der Waals surface area contributed by atoms with Crippen molar-refractivity contribution in [2.24, 2.45) is 0 Å². The highest BCUT2D eigenvalue weighted by Gasteiger charge is 2.19. The Morgan fingerprint density at radius 1 is 1.12 bits per heavy atom. The van der Waals surface area contributed by atoms with Crippen LogP contribution in [0.5, 0.6) is 0 Å². The lowest BCUT2D eigenvalue weighted by molar-refractivity contribution is 0.104. The Bertz CT molecular complexity index is 415. The molecule has 0 aliphatic carbocycles. The maximum Gasteiger partial charge on any atom is 0.186 e. The quantitative estimate of drug-likeness (QED) is 0.536. The fourth-order valence-corrected chi connectivity index (χ4v) is 1.69. The molecule has 0 aliphatic rings. The zero-order valence-corrected chi connectivity index (χ0v) is 10.8. The molecule has 0 N–H and O–H groups in total. The van der Waals surface area contributed by atoms with Gasteiger partial charge in [0.25, 0.3) is 0 Å². The topological polar surface area (TPSA) is 17.1 Å². The van der Waals surface area contributed by atoms with Crippen LogP contribution in [0, 0.1) is 0 Å². The number of carbonyl (C=O) groups excluding carboxylic acids is 1. The van der Waals surface area contributed by atoms with Crippen molar-refractivity contribution in [3.63, 3.8) is 0 Å². The number of hydrogen-bond acceptors (Lipinski definition) is 1. The maximum absolute atomic E-state index is 12.0. The van der Waals surface area contributed by atoms with E-state index in [4.69, 9.17) is 0 Å². The van der Waals surface area contributed by atoms with E-state index in [2.05, 4.69) is 20.8 Å². The molecule has 1 nitrogen and oxygen atoms in total. The van der Waals surface area contributed by atoms with Crippen LogP contribution in [0.4, 0.5) is 0 Å². The largest absolute Gasteiger partial charge is 0.289 e. The minimum Gasteiger partial charge on any atom is -0.289 e. The van der Waals surface area contributed by atoms with E-state index >= 15 is 0 Å². The molecule has 0 bridgehead atoms. The number of rotatable bonds is 2. The van der Waals surface area contributed by atoms with Crippen molar-refractivity contribution in [3.8, 4) is 0 Å². The van der Waals surface area contributed by atoms with Gasteiger partial charge >= 0.3 is 0 Å². The summed E-state index contributed by atoms with van der Waals surface area (Å²) >= 11 is 0. The summed E-state index contributed by atoms with van der Waals surface area (Å²) in [6.45, 7) is 10.3. The summed E-state index contributed by atoms with van der Waals surface area (Å²) in [5, 5.41) is 0. The fraction of sp³-hybridized carbons (Fsp3) is 0.400. The van der Waals surface area contributed by atoms with Crippen LogP contribution in [0.25, 0.3) is 0 Å². The second-order valence-corrected chi connectivity index (χ2v) is 5.38. The van der Waals surface area contributed by atoms with Crippen molar-refractivity contribution >= 4 is 5.78 Å². The molecular formula is C15H20O. The highest BCUT2D eigenvalue weighted by atomic mass is 16.1. The van der Waals surface area contributed by atoms with Crippen molar-refractivity contribution < 1.29 is 4.79 Å². The predicted molar refractivity (Wildman–Crippen MR) is 68.9 cm³/mol. The highest BCUT2D eigenvalue weighted by Crippen LogP contribution is 2.26. The first-order valence-electron chi connectivity index (χ1n) is 5.61. The first-order chi connectivity index (χ1) is 7.32. The van der Waals surface area contributed by atoms with E-state index in [-0.39, 0.29) is 11.2 Å². The van der Waals surface area contributed by atoms with Gasteiger partial charge in [-0.3, -0.25) is 4.79 Å². The Hall–Kier alpha value is -1.37. The van der Waals surface area contributed by atoms with E-state index in [0.29, 0.717) is 0 Å². The number of benzene rings is 1. The normalized spacial score (nSPS) is 11.1. The summed E-state index contributed by atoms with van der Waals surface area (Å²) in [6.07, 6.45) is 1.70. The van der Waals surface area contributed by atoms with Crippen LogP contribution in [0.3, 0.4) is 0 Å². The number of hydrogen-bond donors (Lipinski definition) is 0. The summed E-state index contributed by atoms with van der Waals surface area (Å²) in [5.74, 6) is 0.102. The van der Waals surface area contributed by atoms with Crippen molar-refractivity contribution in [3.05, 3.63) is 47.0 Å². The molecule has 0 heterocycles. The zero-order valence-electron chi connectivity index (χ0n) is 10.8. The molecule has 0 aliphatic heterocycles. The van der Waals surface area contributed by atoms with Gasteiger partial charge in [0.2, 0.25) is 0 Å². The molecule has 0 saturated heterocycles. The van der Waals surface area contributed by atoms with E-state index in [1.807, 2.05) is 38.1 Å². The minimum atomic E-state index is 0.00173. The van der Waals surface area contributed by atoms with E-state index in [9.17, 15) is 4.79 Å². The third kappa shape index (κ3) is 3.06. The second kappa shape index (κ2) is 4.65. The molecular weight excluding hydrogens is 196 g/mol. The molecule has 1 aromatic rings. The van der Waals surface area contributed by atoms with Crippen LogP contribution in [-0.4, -0.2) is 5.78 Å². The van der Waals surface area contributed by atoms with Gasteiger partial charge in [-0.15, -0.1) is 0 Å². The Balaban J connectivity index is 3.25. The van der Waals surface area contributed by atoms with Crippen LogP contribution < -0.4 is 0 Å². The molecule has 0 atom stereocenters. The molecule has 16 heavy (non-hydrogen) atoms. The zero-order chi connectivity index (χ0) is 12.3. The lowest BCUT2D eigenvalue weighted by Gasteiger charge is -2.21. The van der Waals surface area contributed by atoms with Gasteiger partial charge in [-0.25, -0.2) is 0 Å². The van der Waals surface area contributed by atoms with Gasteiger partial charge < -0.3 is 0 Å². The SMILES string of the molecule is CC(C)=CC(=O)c1ccccc1C(C)(C)C. The molecule has 0 aromatic heterocycles. The third-order valence-electron chi connectivity index (χ3n) is 2.42. The van der Waals surface area contributed by atoms with Crippen LogP contribution in [-0.2, 0) is 5.41 Å². The summed E-state index contributed by atoms with van der Waals surface area (Å²) in [5.41, 5.74) is 2.96. The van der Waals surface area contributed by atoms with E-state index < -0.39 is 0 Å². The third-order valence-corrected chi connectivity index (χ3v) is 2.42. The Morgan fingerprint density at radius 2 is 1.69 bits per heavy atom. The lowest BCUT2D eigenvalue weighted by atomic mass is 9.82. The number of ketones is 1. The summed E-state index contributed by atoms with van der Waals surface area (Å²) < 4.78 is 0. The average molecular weight is 216 g/mol. The van der Waals surface area contributed by atoms with Crippen LogP contribution >= 0.6 is 0 Å². The van der Waals surface area contributed by atoms with Gasteiger partial charge in [0.15, 0.2) is 5.78 Å². The van der Waals surface area contributed by atoms with E-state index in [1.54, 1.807) is 6.08 Å². The molecule has 0 fully saturated rings. The number of allylic oxidation sites excluding steroid dienone is 2. The Morgan fingerprint density at radius 3 is 2.19 bits per heavy atom. The van der Waals surface area contributed by atoms with Crippen molar-refractivity contribution in [2.45, 2.75) is 40.0 Å². The molecule has 0 unspecified atom stereocenters. The van der Waals surface area contributed by atoms with Crippen LogP contribution in [0.2, 0.25) is 0 Å². The summed E-state index contributed by atoms with van der Waals surface area (Å²) in [7, 11) is 0. The maximum atomic E-state index is 12.0. The van der Waals surface area contributed by atoms with Crippen LogP contribution in [0.15, 0.2) is 35.9 Å². The monoisotopic (exact) mass is 216 g/mol. The van der Waals surface area contributed by atoms with Crippen molar-refractivity contribution in [1.29, 1.82) is 0 Å². The molecule has 86 valence electrons. The second-order valence-electron chi connectivity index (χ2n) is 5.38. The first kappa shape index (κ1) is 12.7. The minimum absolute atomic E-state index is 0.00173. The van der Waals surface area contributed by atoms with Gasteiger partial charge in [-0.2, -0.15) is 0 Å². The lowest BCUT2D eigenvalue weighted by Crippen LogP contribution is -2.16. The van der Waals surface area contributed by atoms with Gasteiger partial charge in [0, 0.05) is 5.56 Å². The fourth-order valence-electron chi connectivity index (χ4n) is 1.69. The standard InChI is InChI=1S/C15H20O/c1-11(2)10-14(16)12-8-6-7-9-13(12)15(3,4)5/h6-10H,1-5H3. The van der Waals surface area contributed by atoms with E-state index in [1.165, 1.54) is 0 Å². The summed E-state index contributed by atoms with van der Waals surface area (Å²) in [4.78, 5) is 12.0. The van der Waals surface area contributed by atoms with Gasteiger partial charge in [0.1, 0.15) is 0 Å². The Labute approximate surface area is 98.2 Å². The molecule has 1 aromatic carbocycles. The first-order valence-corrected chi connectivity index (χ1v) is 5.61.